The third-order valence-corrected chi connectivity index (χ3v) is 3.90. The maximum Gasteiger partial charge on any atom is 0.0579 e. The Morgan fingerprint density at radius 2 is 1.29 bits per heavy atom. The molecule has 0 spiro atoms. The Morgan fingerprint density at radius 3 is 1.93 bits per heavy atom. The molecule has 0 unspecified atom stereocenters. The van der Waals surface area contributed by atoms with Crippen LogP contribution >= 0.6 is 0 Å². The number of rotatable bonds is 2. The van der Waals surface area contributed by atoms with Crippen LogP contribution in [0.15, 0.2) is 0 Å². The molecule has 0 amide bonds. The van der Waals surface area contributed by atoms with Crippen molar-refractivity contribution in [2.75, 3.05) is 0 Å². The molecule has 0 N–H and O–H groups in total. The lowest BCUT2D eigenvalue weighted by Crippen LogP contribution is -2.27. The first-order valence-corrected chi connectivity index (χ1v) is 6.50. The second kappa shape index (κ2) is 5.16. The fourth-order valence-corrected chi connectivity index (χ4v) is 2.84. The van der Waals surface area contributed by atoms with E-state index in [0.717, 1.165) is 5.92 Å². The molecule has 82 valence electrons. The van der Waals surface area contributed by atoms with Crippen LogP contribution in [0.4, 0.5) is 0 Å². The molecule has 0 aromatic heterocycles. The first-order valence-electron chi connectivity index (χ1n) is 6.50. The zero-order valence-corrected chi connectivity index (χ0v) is 9.50. The van der Waals surface area contributed by atoms with Crippen molar-refractivity contribution in [3.8, 4) is 0 Å². The Balaban J connectivity index is 1.68. The standard InChI is InChI=1S/C13H24O/c1-11-7-9-13(10-8-11)14-12-5-3-2-4-6-12/h11-13H,2-10H2,1H3. The van der Waals surface area contributed by atoms with Gasteiger partial charge in [-0.3, -0.25) is 0 Å². The van der Waals surface area contributed by atoms with Gasteiger partial charge < -0.3 is 4.74 Å². The average molecular weight is 196 g/mol. The van der Waals surface area contributed by atoms with Gasteiger partial charge in [-0.25, -0.2) is 0 Å². The van der Waals surface area contributed by atoms with E-state index in [9.17, 15) is 0 Å². The van der Waals surface area contributed by atoms with Crippen molar-refractivity contribution in [3.05, 3.63) is 0 Å². The van der Waals surface area contributed by atoms with E-state index in [0.29, 0.717) is 12.2 Å². The molecule has 2 rings (SSSR count). The predicted molar refractivity (Wildman–Crippen MR) is 59.4 cm³/mol. The minimum absolute atomic E-state index is 0.606. The first kappa shape index (κ1) is 10.5. The van der Waals surface area contributed by atoms with Gasteiger partial charge >= 0.3 is 0 Å². The third-order valence-electron chi connectivity index (χ3n) is 3.90. The molecule has 0 radical (unpaired) electrons. The highest BCUT2D eigenvalue weighted by molar-refractivity contribution is 4.73. The largest absolute Gasteiger partial charge is 0.375 e. The van der Waals surface area contributed by atoms with Crippen molar-refractivity contribution in [3.63, 3.8) is 0 Å². The monoisotopic (exact) mass is 196 g/mol. The maximum atomic E-state index is 6.18. The molecular weight excluding hydrogens is 172 g/mol. The molecule has 0 heterocycles. The summed E-state index contributed by atoms with van der Waals surface area (Å²) in [5.74, 6) is 0.946. The Labute approximate surface area is 88.2 Å². The van der Waals surface area contributed by atoms with Crippen LogP contribution in [-0.4, -0.2) is 12.2 Å². The second-order valence-electron chi connectivity index (χ2n) is 5.28. The summed E-state index contributed by atoms with van der Waals surface area (Å²) in [6, 6.07) is 0. The van der Waals surface area contributed by atoms with E-state index in [-0.39, 0.29) is 0 Å². The van der Waals surface area contributed by atoms with Crippen LogP contribution in [0.5, 0.6) is 0 Å². The zero-order valence-electron chi connectivity index (χ0n) is 9.50. The first-order chi connectivity index (χ1) is 6.84. The summed E-state index contributed by atoms with van der Waals surface area (Å²) in [5, 5.41) is 0. The van der Waals surface area contributed by atoms with Crippen molar-refractivity contribution in [2.24, 2.45) is 5.92 Å². The topological polar surface area (TPSA) is 9.23 Å². The zero-order chi connectivity index (χ0) is 9.80. The summed E-state index contributed by atoms with van der Waals surface area (Å²) in [6.45, 7) is 2.37. The molecule has 1 heteroatoms. The second-order valence-corrected chi connectivity index (χ2v) is 5.28. The van der Waals surface area contributed by atoms with Gasteiger partial charge in [0.2, 0.25) is 0 Å². The summed E-state index contributed by atoms with van der Waals surface area (Å²) in [5.41, 5.74) is 0. The molecule has 14 heavy (non-hydrogen) atoms. The lowest BCUT2D eigenvalue weighted by atomic mass is 9.88. The molecule has 0 aromatic carbocycles. The van der Waals surface area contributed by atoms with Crippen LogP contribution in [0.2, 0.25) is 0 Å². The van der Waals surface area contributed by atoms with E-state index in [1.165, 1.54) is 57.8 Å². The van der Waals surface area contributed by atoms with Crippen LogP contribution in [0, 0.1) is 5.92 Å². The maximum absolute atomic E-state index is 6.18. The molecule has 0 aromatic rings. The van der Waals surface area contributed by atoms with Crippen molar-refractivity contribution in [1.82, 2.24) is 0 Å². The molecule has 0 saturated heterocycles. The molecule has 2 fully saturated rings. The Kier molecular flexibility index (Phi) is 3.86. The molecular formula is C13H24O. The molecule has 0 bridgehead atoms. The minimum atomic E-state index is 0.606. The molecule has 1 nitrogen and oxygen atoms in total. The van der Waals surface area contributed by atoms with Crippen LogP contribution in [-0.2, 0) is 4.74 Å². The van der Waals surface area contributed by atoms with Crippen LogP contribution in [0.1, 0.15) is 64.7 Å². The van der Waals surface area contributed by atoms with Crippen molar-refractivity contribution in [1.29, 1.82) is 0 Å². The summed E-state index contributed by atoms with van der Waals surface area (Å²) in [6.07, 6.45) is 13.5. The van der Waals surface area contributed by atoms with E-state index < -0.39 is 0 Å². The smallest absolute Gasteiger partial charge is 0.0579 e. The molecule has 2 saturated carbocycles. The SMILES string of the molecule is CC1CCC(OC2CCCCC2)CC1. The van der Waals surface area contributed by atoms with Crippen LogP contribution in [0.25, 0.3) is 0 Å². The van der Waals surface area contributed by atoms with Crippen LogP contribution in [0.3, 0.4) is 0 Å². The number of hydrogen-bond acceptors (Lipinski definition) is 1. The van der Waals surface area contributed by atoms with Gasteiger partial charge in [-0.1, -0.05) is 26.2 Å². The lowest BCUT2D eigenvalue weighted by Gasteiger charge is -2.31. The summed E-state index contributed by atoms with van der Waals surface area (Å²) in [7, 11) is 0. The van der Waals surface area contributed by atoms with Crippen molar-refractivity contribution >= 4 is 0 Å². The van der Waals surface area contributed by atoms with Gasteiger partial charge in [-0.2, -0.15) is 0 Å². The van der Waals surface area contributed by atoms with E-state index in [1.54, 1.807) is 0 Å². The van der Waals surface area contributed by atoms with Gasteiger partial charge in [0.1, 0.15) is 0 Å². The fraction of sp³-hybridized carbons (Fsp3) is 1.00. The van der Waals surface area contributed by atoms with Gasteiger partial charge in [-0.05, 0) is 44.4 Å². The van der Waals surface area contributed by atoms with Crippen molar-refractivity contribution < 1.29 is 4.74 Å². The highest BCUT2D eigenvalue weighted by Gasteiger charge is 2.23. The van der Waals surface area contributed by atoms with Gasteiger partial charge in [0.15, 0.2) is 0 Å². The van der Waals surface area contributed by atoms with Crippen LogP contribution < -0.4 is 0 Å². The summed E-state index contributed by atoms with van der Waals surface area (Å²) < 4.78 is 6.18. The average Bonchev–Trinajstić information content (AvgIpc) is 2.23. The Hall–Kier alpha value is -0.0400. The summed E-state index contributed by atoms with van der Waals surface area (Å²) >= 11 is 0. The Bertz CT molecular complexity index is 153. The van der Waals surface area contributed by atoms with Crippen molar-refractivity contribution in [2.45, 2.75) is 76.9 Å². The molecule has 0 atom stereocenters. The number of ether oxygens (including phenoxy) is 1. The summed E-state index contributed by atoms with van der Waals surface area (Å²) in [4.78, 5) is 0. The highest BCUT2D eigenvalue weighted by atomic mass is 16.5. The highest BCUT2D eigenvalue weighted by Crippen LogP contribution is 2.29. The third kappa shape index (κ3) is 2.98. The van der Waals surface area contributed by atoms with E-state index >= 15 is 0 Å². The van der Waals surface area contributed by atoms with Gasteiger partial charge in [0.25, 0.3) is 0 Å². The quantitative estimate of drug-likeness (QED) is 0.650. The van der Waals surface area contributed by atoms with E-state index in [4.69, 9.17) is 4.74 Å². The fourth-order valence-electron chi connectivity index (χ4n) is 2.84. The molecule has 2 aliphatic carbocycles. The Morgan fingerprint density at radius 1 is 0.714 bits per heavy atom. The van der Waals surface area contributed by atoms with Gasteiger partial charge in [-0.15, -0.1) is 0 Å². The van der Waals surface area contributed by atoms with Gasteiger partial charge in [0.05, 0.1) is 12.2 Å². The predicted octanol–water partition coefficient (Wildman–Crippen LogP) is 3.91. The molecule has 2 aliphatic rings. The normalized spacial score (nSPS) is 35.8. The van der Waals surface area contributed by atoms with E-state index in [1.807, 2.05) is 0 Å². The number of hydrogen-bond donors (Lipinski definition) is 0. The minimum Gasteiger partial charge on any atom is -0.375 e. The molecule has 0 aliphatic heterocycles. The van der Waals surface area contributed by atoms with Gasteiger partial charge in [0, 0.05) is 0 Å². The lowest BCUT2D eigenvalue weighted by molar-refractivity contribution is -0.0499. The van der Waals surface area contributed by atoms with E-state index in [2.05, 4.69) is 6.92 Å².